The molecule has 1 heterocycles. The minimum atomic E-state index is -1.23. The molecule has 0 fully saturated rings. The van der Waals surface area contributed by atoms with Crippen LogP contribution in [0, 0.1) is 0 Å². The van der Waals surface area contributed by atoms with Crippen molar-refractivity contribution < 1.29 is 0 Å². The molecule has 11 rings (SSSR count). The quantitative estimate of drug-likeness (QED) is 0.143. The van der Waals surface area contributed by atoms with Crippen molar-refractivity contribution in [1.29, 1.82) is 0 Å². The largest absolute Gasteiger partial charge is 0.309 e. The van der Waals surface area contributed by atoms with Gasteiger partial charge in [0.1, 0.15) is 15.9 Å². The Morgan fingerprint density at radius 2 is 0.877 bits per heavy atom. The first-order chi connectivity index (χ1) is 28.3. The second-order valence-corrected chi connectivity index (χ2v) is 17.5. The number of rotatable bonds is 7. The average Bonchev–Trinajstić information content (AvgIpc) is 3.79. The Bertz CT molecular complexity index is 2950. The lowest BCUT2D eigenvalue weighted by atomic mass is 9.67. The van der Waals surface area contributed by atoms with Gasteiger partial charge in [-0.2, -0.15) is 0 Å². The second-order valence-electron chi connectivity index (χ2n) is 15.0. The molecule has 0 atom stereocenters. The van der Waals surface area contributed by atoms with E-state index in [1.807, 2.05) is 0 Å². The van der Waals surface area contributed by atoms with Crippen molar-refractivity contribution in [2.75, 3.05) is 0 Å². The Balaban J connectivity index is 1.27. The summed E-state index contributed by atoms with van der Waals surface area (Å²) in [7, 11) is -1.23. The predicted octanol–water partition coefficient (Wildman–Crippen LogP) is 12.3. The summed E-state index contributed by atoms with van der Waals surface area (Å²) < 4.78 is 2.50. The van der Waals surface area contributed by atoms with Crippen LogP contribution in [0.5, 0.6) is 0 Å². The molecule has 0 bridgehead atoms. The van der Waals surface area contributed by atoms with E-state index in [9.17, 15) is 0 Å². The lowest BCUT2D eigenvalue weighted by molar-refractivity contribution is 0.769. The SMILES string of the molecule is c1ccc(-n2c3ccccc3c3c4c(cc(-c5ccc([PH+](c6ccccc6)c6ccccc6)cc5)c32)C(c2ccccc2)(c2ccccc2)c2ccccc2-4)cc1. The Morgan fingerprint density at radius 1 is 0.386 bits per heavy atom. The summed E-state index contributed by atoms with van der Waals surface area (Å²) in [6.07, 6.45) is 0. The molecule has 268 valence electrons. The topological polar surface area (TPSA) is 4.93 Å². The number of hydrogen-bond donors (Lipinski definition) is 0. The number of nitrogens with zero attached hydrogens (tertiary/aromatic N) is 1. The Labute approximate surface area is 334 Å². The fraction of sp³-hybridized carbons (Fsp3) is 0.0182. The van der Waals surface area contributed by atoms with Crippen LogP contribution in [0.1, 0.15) is 22.3 Å². The van der Waals surface area contributed by atoms with E-state index in [1.165, 1.54) is 82.2 Å². The molecule has 1 aliphatic carbocycles. The summed E-state index contributed by atoms with van der Waals surface area (Å²) in [6.45, 7) is 0. The van der Waals surface area contributed by atoms with Crippen molar-refractivity contribution in [2.24, 2.45) is 0 Å². The van der Waals surface area contributed by atoms with Gasteiger partial charge < -0.3 is 4.57 Å². The fourth-order valence-electron chi connectivity index (χ4n) is 9.67. The van der Waals surface area contributed by atoms with E-state index in [4.69, 9.17) is 0 Å². The van der Waals surface area contributed by atoms with Gasteiger partial charge in [-0.25, -0.2) is 0 Å². The van der Waals surface area contributed by atoms with E-state index in [0.29, 0.717) is 0 Å². The zero-order valence-corrected chi connectivity index (χ0v) is 32.4. The molecular formula is C55H39NP+. The Hall–Kier alpha value is -6.79. The van der Waals surface area contributed by atoms with Crippen molar-refractivity contribution in [3.8, 4) is 27.9 Å². The van der Waals surface area contributed by atoms with Gasteiger partial charge in [0.25, 0.3) is 0 Å². The summed E-state index contributed by atoms with van der Waals surface area (Å²) in [5.41, 5.74) is 13.3. The zero-order valence-electron chi connectivity index (χ0n) is 31.4. The van der Waals surface area contributed by atoms with Gasteiger partial charge in [0, 0.05) is 22.0 Å². The van der Waals surface area contributed by atoms with Crippen LogP contribution in [0.3, 0.4) is 0 Å². The number of aromatic nitrogens is 1. The van der Waals surface area contributed by atoms with Crippen LogP contribution >= 0.6 is 7.92 Å². The molecule has 0 spiro atoms. The molecule has 1 aliphatic rings. The highest BCUT2D eigenvalue weighted by atomic mass is 31.1. The van der Waals surface area contributed by atoms with Crippen LogP contribution in [-0.4, -0.2) is 4.57 Å². The fourth-order valence-corrected chi connectivity index (χ4v) is 12.2. The molecule has 2 heteroatoms. The van der Waals surface area contributed by atoms with Crippen molar-refractivity contribution in [1.82, 2.24) is 4.57 Å². The van der Waals surface area contributed by atoms with E-state index in [-0.39, 0.29) is 0 Å². The third-order valence-corrected chi connectivity index (χ3v) is 14.7. The summed E-state index contributed by atoms with van der Waals surface area (Å²) in [6, 6.07) is 85.6. The van der Waals surface area contributed by atoms with Gasteiger partial charge in [-0.05, 0) is 99.6 Å². The van der Waals surface area contributed by atoms with Crippen LogP contribution in [0.2, 0.25) is 0 Å². The first-order valence-corrected chi connectivity index (χ1v) is 21.3. The summed E-state index contributed by atoms with van der Waals surface area (Å²) in [5.74, 6) is 0. The molecule has 0 saturated heterocycles. The highest BCUT2D eigenvalue weighted by Crippen LogP contribution is 2.60. The van der Waals surface area contributed by atoms with Crippen LogP contribution < -0.4 is 15.9 Å². The molecule has 0 aliphatic heterocycles. The minimum absolute atomic E-state index is 0.524. The van der Waals surface area contributed by atoms with Gasteiger partial charge in [-0.1, -0.05) is 170 Å². The molecule has 9 aromatic carbocycles. The highest BCUT2D eigenvalue weighted by Gasteiger charge is 2.47. The molecule has 0 saturated carbocycles. The van der Waals surface area contributed by atoms with E-state index in [1.54, 1.807) is 0 Å². The number of fused-ring (bicyclic) bond motifs is 7. The molecular weight excluding hydrogens is 706 g/mol. The van der Waals surface area contributed by atoms with Gasteiger partial charge in [0.2, 0.25) is 0 Å². The first-order valence-electron chi connectivity index (χ1n) is 19.8. The van der Waals surface area contributed by atoms with E-state index in [2.05, 4.69) is 235 Å². The standard InChI is InChI=1S/C55H38NP/c1-6-20-40(21-7-1)55(41-22-8-2-9-23-41)49-32-18-16-30-46(49)52-50(55)38-48(54-53(52)47-31-17-19-33-51(47)56(54)42-24-10-3-11-25-42)39-34-36-45(37-35-39)57(43-26-12-4-13-27-43)44-28-14-5-15-29-44/h1-38H/p+1. The van der Waals surface area contributed by atoms with Crippen molar-refractivity contribution in [3.05, 3.63) is 253 Å². The first kappa shape index (κ1) is 33.5. The average molecular weight is 745 g/mol. The van der Waals surface area contributed by atoms with E-state index >= 15 is 0 Å². The molecule has 0 amide bonds. The Morgan fingerprint density at radius 3 is 1.49 bits per heavy atom. The van der Waals surface area contributed by atoms with Crippen LogP contribution in [0.15, 0.2) is 231 Å². The van der Waals surface area contributed by atoms with Gasteiger partial charge in [0.15, 0.2) is 0 Å². The smallest absolute Gasteiger partial charge is 0.102 e. The maximum atomic E-state index is 2.55. The molecule has 57 heavy (non-hydrogen) atoms. The zero-order chi connectivity index (χ0) is 37.8. The van der Waals surface area contributed by atoms with E-state index < -0.39 is 13.3 Å². The highest BCUT2D eigenvalue weighted by molar-refractivity contribution is 7.79. The monoisotopic (exact) mass is 744 g/mol. The maximum Gasteiger partial charge on any atom is 0.102 e. The minimum Gasteiger partial charge on any atom is -0.309 e. The number of benzene rings is 9. The van der Waals surface area contributed by atoms with Gasteiger partial charge in [-0.3, -0.25) is 0 Å². The molecule has 0 radical (unpaired) electrons. The lowest BCUT2D eigenvalue weighted by Gasteiger charge is -2.34. The third kappa shape index (κ3) is 5.20. The summed E-state index contributed by atoms with van der Waals surface area (Å²) in [5, 5.41) is 6.71. The third-order valence-electron chi connectivity index (χ3n) is 12.0. The molecule has 1 aromatic heterocycles. The molecule has 10 aromatic rings. The molecule has 0 unspecified atom stereocenters. The van der Waals surface area contributed by atoms with Gasteiger partial charge in [0.05, 0.1) is 24.4 Å². The molecule has 1 nitrogen and oxygen atoms in total. The molecule has 0 N–H and O–H groups in total. The second kappa shape index (κ2) is 13.7. The van der Waals surface area contributed by atoms with Crippen LogP contribution in [0.25, 0.3) is 49.7 Å². The van der Waals surface area contributed by atoms with Crippen molar-refractivity contribution >= 4 is 45.6 Å². The van der Waals surface area contributed by atoms with Gasteiger partial charge in [-0.15, -0.1) is 0 Å². The number of hydrogen-bond acceptors (Lipinski definition) is 0. The van der Waals surface area contributed by atoms with Crippen LogP contribution in [-0.2, 0) is 5.41 Å². The van der Waals surface area contributed by atoms with Crippen molar-refractivity contribution in [2.45, 2.75) is 5.41 Å². The maximum absolute atomic E-state index is 2.55. The van der Waals surface area contributed by atoms with Crippen LogP contribution in [0.4, 0.5) is 0 Å². The van der Waals surface area contributed by atoms with Gasteiger partial charge >= 0.3 is 0 Å². The number of para-hydroxylation sites is 2. The Kier molecular flexibility index (Phi) is 8.09. The van der Waals surface area contributed by atoms with E-state index in [0.717, 1.165) is 5.69 Å². The predicted molar refractivity (Wildman–Crippen MR) is 244 cm³/mol. The van der Waals surface area contributed by atoms with Crippen molar-refractivity contribution in [3.63, 3.8) is 0 Å². The normalized spacial score (nSPS) is 12.9. The summed E-state index contributed by atoms with van der Waals surface area (Å²) in [4.78, 5) is 0. The summed E-state index contributed by atoms with van der Waals surface area (Å²) >= 11 is 0. The lowest BCUT2D eigenvalue weighted by Crippen LogP contribution is -2.28.